The first-order valence-electron chi connectivity index (χ1n) is 11.3. The van der Waals surface area contributed by atoms with Crippen LogP contribution in [-0.4, -0.2) is 52.6 Å². The van der Waals surface area contributed by atoms with E-state index in [0.717, 1.165) is 24.1 Å². The number of rotatable bonds is 8. The number of ether oxygens (including phenoxy) is 2. The van der Waals surface area contributed by atoms with Gasteiger partial charge in [0.2, 0.25) is 11.9 Å². The normalized spacial score (nSPS) is 12.4. The number of benzene rings is 1. The number of anilines is 3. The van der Waals surface area contributed by atoms with E-state index in [2.05, 4.69) is 20.3 Å². The molecule has 12 heteroatoms. The molecule has 1 aliphatic rings. The fourth-order valence-electron chi connectivity index (χ4n) is 3.67. The Balaban J connectivity index is 1.82. The van der Waals surface area contributed by atoms with E-state index >= 15 is 0 Å². The van der Waals surface area contributed by atoms with E-state index in [1.54, 1.807) is 54.9 Å². The lowest BCUT2D eigenvalue weighted by atomic mass is 10.2. The topological polar surface area (TPSA) is 131 Å². The Bertz CT molecular complexity index is 1270. The van der Waals surface area contributed by atoms with Gasteiger partial charge in [0, 0.05) is 48.5 Å². The van der Waals surface area contributed by atoms with Crippen molar-refractivity contribution in [3.05, 3.63) is 53.4 Å². The second-order valence-electron chi connectivity index (χ2n) is 7.91. The molecule has 188 valence electrons. The minimum Gasteiger partial charge on any atom is -0.497 e. The van der Waals surface area contributed by atoms with E-state index in [9.17, 15) is 4.79 Å². The fourth-order valence-corrected chi connectivity index (χ4v) is 3.96. The van der Waals surface area contributed by atoms with Crippen molar-refractivity contribution in [2.24, 2.45) is 10.7 Å². The van der Waals surface area contributed by atoms with Gasteiger partial charge in [0.15, 0.2) is 5.82 Å². The predicted octanol–water partition coefficient (Wildman–Crippen LogP) is 4.47. The third kappa shape index (κ3) is 5.25. The number of amides is 2. The van der Waals surface area contributed by atoms with Crippen molar-refractivity contribution in [2.45, 2.75) is 26.3 Å². The Hall–Kier alpha value is -4.12. The van der Waals surface area contributed by atoms with Crippen LogP contribution in [0.2, 0.25) is 5.02 Å². The van der Waals surface area contributed by atoms with Gasteiger partial charge in [-0.15, -0.1) is 0 Å². The molecule has 0 spiro atoms. The minimum atomic E-state index is -0.633. The molecule has 1 aromatic carbocycles. The number of halogens is 1. The lowest BCUT2D eigenvalue weighted by molar-refractivity contribution is 0.228. The van der Waals surface area contributed by atoms with Crippen molar-refractivity contribution in [3.8, 4) is 11.5 Å². The van der Waals surface area contributed by atoms with Gasteiger partial charge in [-0.05, 0) is 18.6 Å². The Morgan fingerprint density at radius 1 is 1.25 bits per heavy atom. The van der Waals surface area contributed by atoms with Crippen LogP contribution in [0, 0.1) is 0 Å². The monoisotopic (exact) mass is 510 g/mol. The zero-order chi connectivity index (χ0) is 25.7. The highest BCUT2D eigenvalue weighted by molar-refractivity contribution is 6.35. The van der Waals surface area contributed by atoms with Gasteiger partial charge in [-0.3, -0.25) is 9.88 Å². The van der Waals surface area contributed by atoms with Gasteiger partial charge in [0.05, 0.1) is 26.5 Å². The number of unbranched alkanes of at least 4 members (excludes halogenated alkanes) is 1. The van der Waals surface area contributed by atoms with E-state index in [1.165, 1.54) is 12.0 Å². The number of nitrogens with zero attached hydrogens (tertiary/aromatic N) is 6. The Morgan fingerprint density at radius 3 is 2.69 bits per heavy atom. The standard InChI is InChI=1S/C24H27ClN8O3/c1-4-5-10-32(22(26)34)24-31-21-15(13-28-23(30-21)29-16-6-8-27-9-7-16)14-33(24)18-11-17(35-2)12-19(36-3)20(18)25/h6-9,11-13H,4-5,10,14H2,1-3H3,(H2,26,34)(H,27,28,29,30). The summed E-state index contributed by atoms with van der Waals surface area (Å²) in [6.45, 7) is 2.70. The number of primary amides is 1. The maximum atomic E-state index is 12.5. The van der Waals surface area contributed by atoms with Crippen molar-refractivity contribution in [1.29, 1.82) is 0 Å². The van der Waals surface area contributed by atoms with Crippen molar-refractivity contribution in [1.82, 2.24) is 19.9 Å². The van der Waals surface area contributed by atoms with Crippen molar-refractivity contribution < 1.29 is 14.3 Å². The molecule has 4 rings (SSSR count). The number of aromatic nitrogens is 3. The second-order valence-corrected chi connectivity index (χ2v) is 8.29. The van der Waals surface area contributed by atoms with Gasteiger partial charge in [0.25, 0.3) is 0 Å². The van der Waals surface area contributed by atoms with Crippen LogP contribution < -0.4 is 25.4 Å². The summed E-state index contributed by atoms with van der Waals surface area (Å²) < 4.78 is 10.9. The molecule has 2 aromatic heterocycles. The van der Waals surface area contributed by atoms with Gasteiger partial charge in [-0.2, -0.15) is 9.98 Å². The summed E-state index contributed by atoms with van der Waals surface area (Å²) in [4.78, 5) is 33.5. The molecule has 1 aliphatic heterocycles. The molecule has 0 fully saturated rings. The van der Waals surface area contributed by atoms with Gasteiger partial charge in [0.1, 0.15) is 16.5 Å². The molecule has 0 saturated heterocycles. The summed E-state index contributed by atoms with van der Waals surface area (Å²) in [5.74, 6) is 2.03. The third-order valence-corrected chi connectivity index (χ3v) is 5.92. The summed E-state index contributed by atoms with van der Waals surface area (Å²) in [5.41, 5.74) is 7.85. The third-order valence-electron chi connectivity index (χ3n) is 5.54. The molecular weight excluding hydrogens is 484 g/mol. The van der Waals surface area contributed by atoms with E-state index in [1.807, 2.05) is 6.92 Å². The first-order chi connectivity index (χ1) is 17.4. The maximum Gasteiger partial charge on any atom is 0.321 e. The Morgan fingerprint density at radius 2 is 2.03 bits per heavy atom. The largest absolute Gasteiger partial charge is 0.497 e. The summed E-state index contributed by atoms with van der Waals surface area (Å²) in [6.07, 6.45) is 6.62. The number of carbonyl (C=O) groups is 1. The molecule has 2 amide bonds. The van der Waals surface area contributed by atoms with E-state index in [4.69, 9.17) is 31.8 Å². The molecule has 0 bridgehead atoms. The molecule has 0 unspecified atom stereocenters. The number of fused-ring (bicyclic) bond motifs is 1. The summed E-state index contributed by atoms with van der Waals surface area (Å²) in [5, 5.41) is 3.47. The van der Waals surface area contributed by atoms with E-state index in [0.29, 0.717) is 46.5 Å². The van der Waals surface area contributed by atoms with Gasteiger partial charge < -0.3 is 25.4 Å². The molecule has 36 heavy (non-hydrogen) atoms. The van der Waals surface area contributed by atoms with Gasteiger partial charge in [-0.1, -0.05) is 24.9 Å². The zero-order valence-electron chi connectivity index (χ0n) is 20.2. The quantitative estimate of drug-likeness (QED) is 0.453. The first kappa shape index (κ1) is 25.0. The predicted molar refractivity (Wildman–Crippen MR) is 139 cm³/mol. The number of nitrogens with two attached hydrogens (primary N) is 1. The minimum absolute atomic E-state index is 0.287. The van der Waals surface area contributed by atoms with Crippen LogP contribution in [0.25, 0.3) is 0 Å². The Kier molecular flexibility index (Phi) is 7.69. The molecule has 11 nitrogen and oxygen atoms in total. The average molecular weight is 511 g/mol. The van der Waals surface area contributed by atoms with E-state index in [-0.39, 0.29) is 6.54 Å². The van der Waals surface area contributed by atoms with Crippen LogP contribution >= 0.6 is 11.6 Å². The number of methoxy groups -OCH3 is 2. The SMILES string of the molecule is CCCCN(C(N)=O)C1=Nc2nc(Nc3ccncc3)ncc2CN1c1cc(OC)cc(OC)c1Cl. The van der Waals surface area contributed by atoms with Crippen molar-refractivity contribution in [2.75, 3.05) is 31.0 Å². The fraction of sp³-hybridized carbons (Fsp3) is 0.292. The van der Waals surface area contributed by atoms with Crippen LogP contribution in [0.15, 0.2) is 47.8 Å². The van der Waals surface area contributed by atoms with E-state index < -0.39 is 6.03 Å². The summed E-state index contributed by atoms with van der Waals surface area (Å²) in [7, 11) is 3.07. The zero-order valence-corrected chi connectivity index (χ0v) is 21.0. The summed E-state index contributed by atoms with van der Waals surface area (Å²) >= 11 is 6.71. The highest BCUT2D eigenvalue weighted by atomic mass is 35.5. The van der Waals surface area contributed by atoms with Crippen LogP contribution in [0.1, 0.15) is 25.3 Å². The molecule has 3 N–H and O–H groups in total. The van der Waals surface area contributed by atoms with Crippen LogP contribution in [-0.2, 0) is 6.54 Å². The molecular formula is C24H27ClN8O3. The average Bonchev–Trinajstić information content (AvgIpc) is 2.89. The van der Waals surface area contributed by atoms with Gasteiger partial charge in [-0.25, -0.2) is 9.78 Å². The summed E-state index contributed by atoms with van der Waals surface area (Å²) in [6, 6.07) is 6.41. The molecule has 0 atom stereocenters. The molecule has 3 heterocycles. The maximum absolute atomic E-state index is 12.5. The Labute approximate surface area is 213 Å². The number of hydrogen-bond acceptors (Lipinski definition) is 9. The molecule has 3 aromatic rings. The first-order valence-corrected chi connectivity index (χ1v) is 11.7. The second kappa shape index (κ2) is 11.1. The lowest BCUT2D eigenvalue weighted by Gasteiger charge is -2.35. The van der Waals surface area contributed by atoms with Crippen LogP contribution in [0.5, 0.6) is 11.5 Å². The van der Waals surface area contributed by atoms with Gasteiger partial charge >= 0.3 is 6.03 Å². The molecule has 0 aliphatic carbocycles. The number of hydrogen-bond donors (Lipinski definition) is 2. The number of guanidine groups is 1. The number of pyridine rings is 1. The highest BCUT2D eigenvalue weighted by Crippen LogP contribution is 2.41. The number of carbonyl (C=O) groups excluding carboxylic acids is 1. The lowest BCUT2D eigenvalue weighted by Crippen LogP contribution is -2.51. The number of aliphatic imine (C=N–C) groups is 1. The van der Waals surface area contributed by atoms with Crippen LogP contribution in [0.3, 0.4) is 0 Å². The van der Waals surface area contributed by atoms with Crippen molar-refractivity contribution >= 4 is 46.7 Å². The smallest absolute Gasteiger partial charge is 0.321 e. The number of nitrogens with one attached hydrogen (secondary N) is 1. The highest BCUT2D eigenvalue weighted by Gasteiger charge is 2.31. The van der Waals surface area contributed by atoms with Crippen LogP contribution in [0.4, 0.5) is 27.9 Å². The molecule has 0 radical (unpaired) electrons. The number of urea groups is 1. The molecule has 0 saturated carbocycles. The van der Waals surface area contributed by atoms with Crippen molar-refractivity contribution in [3.63, 3.8) is 0 Å².